The minimum absolute atomic E-state index is 0.0392. The third-order valence-corrected chi connectivity index (χ3v) is 6.02. The van der Waals surface area contributed by atoms with E-state index in [0.717, 1.165) is 16.7 Å². The lowest BCUT2D eigenvalue weighted by molar-refractivity contribution is 0.0508. The number of carbonyl (C=O) groups is 1. The lowest BCUT2D eigenvalue weighted by atomic mass is 9.78. The van der Waals surface area contributed by atoms with Crippen molar-refractivity contribution in [2.24, 2.45) is 0 Å². The molecule has 0 bridgehead atoms. The summed E-state index contributed by atoms with van der Waals surface area (Å²) in [5, 5.41) is 19.7. The highest BCUT2D eigenvalue weighted by Crippen LogP contribution is 2.40. The Bertz CT molecular complexity index is 1070. The van der Waals surface area contributed by atoms with Crippen molar-refractivity contribution >= 4 is 11.6 Å². The SMILES string of the molecule is COCOc1cc(OC)cc2c1C(=N)N(CC(=O)c1cc(C(C)(C)C)c(O)c(C(C)(C)C)c1)C2. The molecule has 7 heteroatoms. The largest absolute Gasteiger partial charge is 0.507 e. The normalized spacial score (nSPS) is 13.8. The maximum Gasteiger partial charge on any atom is 0.188 e. The number of nitrogens with zero attached hydrogens (tertiary/aromatic N) is 1. The van der Waals surface area contributed by atoms with E-state index < -0.39 is 0 Å². The maximum atomic E-state index is 13.5. The van der Waals surface area contributed by atoms with Gasteiger partial charge in [-0.05, 0) is 34.6 Å². The first kappa shape index (κ1) is 25.6. The lowest BCUT2D eigenvalue weighted by Crippen LogP contribution is -2.31. The molecule has 184 valence electrons. The number of ketones is 1. The van der Waals surface area contributed by atoms with Crippen LogP contribution in [0.4, 0.5) is 0 Å². The van der Waals surface area contributed by atoms with E-state index >= 15 is 0 Å². The van der Waals surface area contributed by atoms with E-state index in [9.17, 15) is 9.90 Å². The molecule has 1 aliphatic heterocycles. The fourth-order valence-corrected chi connectivity index (χ4v) is 4.17. The van der Waals surface area contributed by atoms with Crippen LogP contribution in [-0.4, -0.2) is 49.2 Å². The minimum atomic E-state index is -0.332. The van der Waals surface area contributed by atoms with Gasteiger partial charge in [-0.15, -0.1) is 0 Å². The third-order valence-electron chi connectivity index (χ3n) is 6.02. The third kappa shape index (κ3) is 5.04. The smallest absolute Gasteiger partial charge is 0.188 e. The molecule has 0 fully saturated rings. The van der Waals surface area contributed by atoms with E-state index in [2.05, 4.69) is 0 Å². The molecule has 1 heterocycles. The summed E-state index contributed by atoms with van der Waals surface area (Å²) in [5.74, 6) is 1.47. The van der Waals surface area contributed by atoms with E-state index in [4.69, 9.17) is 19.6 Å². The Hall–Kier alpha value is -3.06. The number of Topliss-reactive ketones (excluding diaryl/α,β-unsaturated/α-hetero) is 1. The molecule has 0 unspecified atom stereocenters. The van der Waals surface area contributed by atoms with Crippen molar-refractivity contribution < 1.29 is 24.1 Å². The Morgan fingerprint density at radius 3 is 2.12 bits per heavy atom. The van der Waals surface area contributed by atoms with Gasteiger partial charge in [-0.3, -0.25) is 10.2 Å². The fourth-order valence-electron chi connectivity index (χ4n) is 4.17. The Morgan fingerprint density at radius 1 is 1.03 bits per heavy atom. The molecule has 7 nitrogen and oxygen atoms in total. The Balaban J connectivity index is 1.95. The lowest BCUT2D eigenvalue weighted by Gasteiger charge is -2.28. The highest BCUT2D eigenvalue weighted by Gasteiger charge is 2.32. The van der Waals surface area contributed by atoms with Gasteiger partial charge in [-0.2, -0.15) is 0 Å². The molecule has 3 rings (SSSR count). The van der Waals surface area contributed by atoms with Crippen LogP contribution in [0, 0.1) is 5.41 Å². The molecule has 0 aromatic heterocycles. The first-order chi connectivity index (χ1) is 15.8. The second-order valence-corrected chi connectivity index (χ2v) is 10.8. The number of methoxy groups -OCH3 is 2. The van der Waals surface area contributed by atoms with Crippen LogP contribution < -0.4 is 9.47 Å². The van der Waals surface area contributed by atoms with Gasteiger partial charge in [-0.25, -0.2) is 0 Å². The summed E-state index contributed by atoms with van der Waals surface area (Å²) in [7, 11) is 3.11. The molecule has 2 aromatic carbocycles. The number of ether oxygens (including phenoxy) is 3. The van der Waals surface area contributed by atoms with Gasteiger partial charge >= 0.3 is 0 Å². The van der Waals surface area contributed by atoms with Crippen LogP contribution in [0.2, 0.25) is 0 Å². The van der Waals surface area contributed by atoms with Crippen LogP contribution in [0.3, 0.4) is 0 Å². The van der Waals surface area contributed by atoms with E-state index in [0.29, 0.717) is 29.2 Å². The number of hydrogen-bond donors (Lipinski definition) is 2. The zero-order chi connectivity index (χ0) is 25.4. The predicted molar refractivity (Wildman–Crippen MR) is 133 cm³/mol. The summed E-state index contributed by atoms with van der Waals surface area (Å²) in [6.07, 6.45) is 0. The monoisotopic (exact) mass is 468 g/mol. The summed E-state index contributed by atoms with van der Waals surface area (Å²) in [6.45, 7) is 12.6. The van der Waals surface area contributed by atoms with Gasteiger partial charge < -0.3 is 24.2 Å². The summed E-state index contributed by atoms with van der Waals surface area (Å²) >= 11 is 0. The first-order valence-electron chi connectivity index (χ1n) is 11.4. The summed E-state index contributed by atoms with van der Waals surface area (Å²) in [6, 6.07) is 7.17. The average molecular weight is 469 g/mol. The number of benzene rings is 2. The van der Waals surface area contributed by atoms with Gasteiger partial charge in [-0.1, -0.05) is 41.5 Å². The second kappa shape index (κ2) is 9.29. The quantitative estimate of drug-likeness (QED) is 0.439. The first-order valence-corrected chi connectivity index (χ1v) is 11.4. The van der Waals surface area contributed by atoms with Crippen molar-refractivity contribution in [3.8, 4) is 17.2 Å². The molecule has 0 atom stereocenters. The molecule has 0 radical (unpaired) electrons. The summed E-state index contributed by atoms with van der Waals surface area (Å²) in [4.78, 5) is 15.2. The molecule has 0 amide bonds. The molecule has 34 heavy (non-hydrogen) atoms. The van der Waals surface area contributed by atoms with Crippen molar-refractivity contribution in [2.45, 2.75) is 58.9 Å². The molecule has 0 saturated carbocycles. The van der Waals surface area contributed by atoms with Crippen molar-refractivity contribution in [3.05, 3.63) is 52.1 Å². The zero-order valence-corrected chi connectivity index (χ0v) is 21.5. The van der Waals surface area contributed by atoms with Crippen LogP contribution in [-0.2, 0) is 22.1 Å². The predicted octanol–water partition coefficient (Wildman–Crippen LogP) is 5.00. The van der Waals surface area contributed by atoms with Crippen LogP contribution >= 0.6 is 0 Å². The van der Waals surface area contributed by atoms with E-state index in [-0.39, 0.29) is 41.5 Å². The number of aromatic hydroxyl groups is 1. The molecular weight excluding hydrogens is 432 g/mol. The number of nitrogens with one attached hydrogen (secondary N) is 1. The standard InChI is InChI=1S/C27H36N2O5/c1-26(2,3)19-10-16(11-20(24(19)31)27(4,5)6)21(30)14-29-13-17-9-18(33-8)12-22(34-15-32-7)23(17)25(29)28/h9-12,28,31H,13-15H2,1-8H3. The molecule has 0 aliphatic carbocycles. The number of phenols is 1. The van der Waals surface area contributed by atoms with Gasteiger partial charge in [0.25, 0.3) is 0 Å². The van der Waals surface area contributed by atoms with Crippen LogP contribution in [0.15, 0.2) is 24.3 Å². The molecule has 2 N–H and O–H groups in total. The highest BCUT2D eigenvalue weighted by atomic mass is 16.7. The number of fused-ring (bicyclic) bond motifs is 1. The summed E-state index contributed by atoms with van der Waals surface area (Å²) < 4.78 is 16.1. The van der Waals surface area contributed by atoms with Crippen LogP contribution in [0.25, 0.3) is 0 Å². The molecule has 1 aliphatic rings. The van der Waals surface area contributed by atoms with Gasteiger partial charge in [0, 0.05) is 36.4 Å². The molecule has 0 saturated heterocycles. The van der Waals surface area contributed by atoms with Crippen LogP contribution in [0.5, 0.6) is 17.2 Å². The van der Waals surface area contributed by atoms with Gasteiger partial charge in [0.2, 0.25) is 0 Å². The fraction of sp³-hybridized carbons (Fsp3) is 0.481. The van der Waals surface area contributed by atoms with E-state index in [1.165, 1.54) is 7.11 Å². The van der Waals surface area contributed by atoms with Crippen molar-refractivity contribution in [2.75, 3.05) is 27.6 Å². The number of phenolic OH excluding ortho intramolecular Hbond substituents is 1. The van der Waals surface area contributed by atoms with Crippen molar-refractivity contribution in [3.63, 3.8) is 0 Å². The van der Waals surface area contributed by atoms with Gasteiger partial charge in [0.05, 0.1) is 19.2 Å². The number of carbonyl (C=O) groups excluding carboxylic acids is 1. The summed E-state index contributed by atoms with van der Waals surface area (Å²) in [5.41, 5.74) is 2.85. The Kier molecular flexibility index (Phi) is 6.99. The second-order valence-electron chi connectivity index (χ2n) is 10.8. The topological polar surface area (TPSA) is 92.1 Å². The Morgan fingerprint density at radius 2 is 1.62 bits per heavy atom. The number of hydrogen-bond acceptors (Lipinski definition) is 6. The molecule has 2 aromatic rings. The number of amidine groups is 1. The number of rotatable bonds is 7. The van der Waals surface area contributed by atoms with E-state index in [1.54, 1.807) is 30.2 Å². The highest BCUT2D eigenvalue weighted by molar-refractivity contribution is 6.07. The molecule has 0 spiro atoms. The van der Waals surface area contributed by atoms with Gasteiger partial charge in [0.1, 0.15) is 23.1 Å². The van der Waals surface area contributed by atoms with Crippen LogP contribution in [0.1, 0.15) is 74.2 Å². The minimum Gasteiger partial charge on any atom is -0.507 e. The van der Waals surface area contributed by atoms with Crippen molar-refractivity contribution in [1.82, 2.24) is 4.90 Å². The molecular formula is C27H36N2O5. The average Bonchev–Trinajstić information content (AvgIpc) is 3.05. The Labute approximate surface area is 202 Å². The van der Waals surface area contributed by atoms with Gasteiger partial charge in [0.15, 0.2) is 12.6 Å². The van der Waals surface area contributed by atoms with Crippen molar-refractivity contribution in [1.29, 1.82) is 5.41 Å². The van der Waals surface area contributed by atoms with E-state index in [1.807, 2.05) is 47.6 Å². The maximum absolute atomic E-state index is 13.5. The zero-order valence-electron chi connectivity index (χ0n) is 21.5.